The van der Waals surface area contributed by atoms with Crippen LogP contribution in [0.3, 0.4) is 0 Å². The van der Waals surface area contributed by atoms with Crippen LogP contribution in [0.4, 0.5) is 0 Å². The average molecular weight is 352 g/mol. The Balaban J connectivity index is 0. The van der Waals surface area contributed by atoms with E-state index in [4.69, 9.17) is 10.2 Å². The summed E-state index contributed by atoms with van der Waals surface area (Å²) in [6.45, 7) is 6.92. The fourth-order valence-corrected chi connectivity index (χ4v) is 1.36. The van der Waals surface area contributed by atoms with Crippen LogP contribution in [0.25, 0.3) is 0 Å². The van der Waals surface area contributed by atoms with Crippen molar-refractivity contribution in [1.82, 2.24) is 0 Å². The van der Waals surface area contributed by atoms with Gasteiger partial charge in [0.05, 0.1) is 0 Å². The van der Waals surface area contributed by atoms with Crippen molar-refractivity contribution in [3.63, 3.8) is 0 Å². The number of allylic oxidation sites excluding steroid dienone is 12. The average Bonchev–Trinajstić information content (AvgIpc) is 2.51. The van der Waals surface area contributed by atoms with E-state index >= 15 is 0 Å². The van der Waals surface area contributed by atoms with Crippen molar-refractivity contribution in [3.8, 4) is 0 Å². The first-order valence-electron chi connectivity index (χ1n) is 7.42. The van der Waals surface area contributed by atoms with Gasteiger partial charge in [0.25, 0.3) is 0 Å². The first-order chi connectivity index (χ1) is 11.2. The van der Waals surface area contributed by atoms with Gasteiger partial charge in [-0.3, -0.25) is 0 Å². The molecule has 2 N–H and O–H groups in total. The van der Waals surface area contributed by atoms with Crippen molar-refractivity contribution in [2.45, 2.75) is 27.7 Å². The molecule has 130 valence electrons. The minimum absolute atomic E-state index is 0. The quantitative estimate of drug-likeness (QED) is 0.394. The van der Waals surface area contributed by atoms with E-state index < -0.39 is 11.9 Å². The zero-order chi connectivity index (χ0) is 18.5. The van der Waals surface area contributed by atoms with Crippen LogP contribution in [-0.4, -0.2) is 51.7 Å². The Labute approximate surface area is 171 Å². The van der Waals surface area contributed by atoms with Gasteiger partial charge in [-0.05, 0) is 27.7 Å². The van der Waals surface area contributed by atoms with E-state index in [1.54, 1.807) is 38.2 Å². The molecule has 0 saturated carbocycles. The standard InChI is InChI=1S/C20H24O4.Na.H/c1-15(11-7-13-17(3)19(21)22)9-5-6-10-16(2)12-8-14-18(4)20(23)24;;/h5-14H,1-4H3,(H,21,22)(H,23,24);;/b6-5+,11-7+,12-8+,15-9+,16-10+,17-13+,18-14+;;. The Morgan fingerprint density at radius 3 is 1.20 bits per heavy atom. The monoisotopic (exact) mass is 352 g/mol. The molecule has 0 aromatic heterocycles. The van der Waals surface area contributed by atoms with Gasteiger partial charge >= 0.3 is 41.5 Å². The molecule has 0 bridgehead atoms. The number of carboxylic acid groups (broad SMARTS) is 2. The van der Waals surface area contributed by atoms with E-state index in [1.807, 2.05) is 50.3 Å². The molecule has 0 unspecified atom stereocenters. The zero-order valence-electron chi connectivity index (χ0n) is 14.5. The van der Waals surface area contributed by atoms with Crippen LogP contribution in [0.1, 0.15) is 27.7 Å². The van der Waals surface area contributed by atoms with E-state index in [0.29, 0.717) is 0 Å². The first-order valence-corrected chi connectivity index (χ1v) is 7.42. The van der Waals surface area contributed by atoms with Crippen molar-refractivity contribution in [2.24, 2.45) is 0 Å². The number of hydrogen-bond donors (Lipinski definition) is 2. The Morgan fingerprint density at radius 1 is 0.600 bits per heavy atom. The summed E-state index contributed by atoms with van der Waals surface area (Å²) >= 11 is 0. The molecule has 0 spiro atoms. The molecule has 0 rings (SSSR count). The molecule has 0 fully saturated rings. The van der Waals surface area contributed by atoms with E-state index in [1.165, 1.54) is 0 Å². The molecule has 0 saturated heterocycles. The minimum atomic E-state index is -0.928. The van der Waals surface area contributed by atoms with Gasteiger partial charge in [0, 0.05) is 11.1 Å². The summed E-state index contributed by atoms with van der Waals surface area (Å²) in [6, 6.07) is 0. The van der Waals surface area contributed by atoms with Crippen molar-refractivity contribution < 1.29 is 19.8 Å². The summed E-state index contributed by atoms with van der Waals surface area (Å²) in [6.07, 6.45) is 17.7. The topological polar surface area (TPSA) is 74.6 Å². The summed E-state index contributed by atoms with van der Waals surface area (Å²) in [4.78, 5) is 21.2. The van der Waals surface area contributed by atoms with Crippen molar-refractivity contribution in [2.75, 3.05) is 0 Å². The molecule has 0 aliphatic carbocycles. The van der Waals surface area contributed by atoms with E-state index in [-0.39, 0.29) is 40.7 Å². The van der Waals surface area contributed by atoms with Crippen LogP contribution in [0, 0.1) is 0 Å². The predicted molar refractivity (Wildman–Crippen MR) is 105 cm³/mol. The van der Waals surface area contributed by atoms with Crippen molar-refractivity contribution >= 4 is 41.5 Å². The fourth-order valence-electron chi connectivity index (χ4n) is 1.36. The van der Waals surface area contributed by atoms with Crippen LogP contribution in [0.5, 0.6) is 0 Å². The third kappa shape index (κ3) is 14.2. The molecule has 0 amide bonds. The fraction of sp³-hybridized carbons (Fsp3) is 0.200. The molecule has 0 heterocycles. The van der Waals surface area contributed by atoms with Crippen LogP contribution in [0.15, 0.2) is 83.1 Å². The van der Waals surface area contributed by atoms with Gasteiger partial charge in [-0.1, -0.05) is 71.9 Å². The number of carbonyl (C=O) groups is 2. The molecule has 5 heteroatoms. The first kappa shape index (κ1) is 25.4. The van der Waals surface area contributed by atoms with Gasteiger partial charge in [-0.2, -0.15) is 0 Å². The van der Waals surface area contributed by atoms with Crippen LogP contribution in [0.2, 0.25) is 0 Å². The Bertz CT molecular complexity index is 614. The van der Waals surface area contributed by atoms with Gasteiger partial charge in [-0.15, -0.1) is 0 Å². The molecule has 4 nitrogen and oxygen atoms in total. The van der Waals surface area contributed by atoms with Crippen LogP contribution in [-0.2, 0) is 9.59 Å². The molecular weight excluding hydrogens is 327 g/mol. The molecule has 25 heavy (non-hydrogen) atoms. The predicted octanol–water partition coefficient (Wildman–Crippen LogP) is 3.96. The number of hydrogen-bond acceptors (Lipinski definition) is 2. The van der Waals surface area contributed by atoms with Gasteiger partial charge in [0.15, 0.2) is 0 Å². The molecule has 0 aromatic rings. The van der Waals surface area contributed by atoms with E-state index in [0.717, 1.165) is 11.1 Å². The Morgan fingerprint density at radius 2 is 0.920 bits per heavy atom. The van der Waals surface area contributed by atoms with Gasteiger partial charge in [-0.25, -0.2) is 9.59 Å². The second-order valence-electron chi connectivity index (χ2n) is 5.23. The third-order valence-corrected chi connectivity index (χ3v) is 2.91. The maximum atomic E-state index is 10.6. The van der Waals surface area contributed by atoms with Crippen molar-refractivity contribution in [3.05, 3.63) is 83.1 Å². The SMILES string of the molecule is CC(/C=C/C=C(\C)C(=O)O)=C\C=C\C=C(C)\C=C\C=C(/C)C(=O)O.[NaH]. The van der Waals surface area contributed by atoms with Gasteiger partial charge in [0.1, 0.15) is 0 Å². The second kappa shape index (κ2) is 14.5. The summed E-state index contributed by atoms with van der Waals surface area (Å²) in [5.41, 5.74) is 2.55. The van der Waals surface area contributed by atoms with Crippen molar-refractivity contribution in [1.29, 1.82) is 0 Å². The number of rotatable bonds is 8. The van der Waals surface area contributed by atoms with Gasteiger partial charge < -0.3 is 10.2 Å². The van der Waals surface area contributed by atoms with Crippen LogP contribution >= 0.6 is 0 Å². The molecule has 0 aliphatic heterocycles. The third-order valence-electron chi connectivity index (χ3n) is 2.91. The number of aliphatic carboxylic acids is 2. The molecule has 0 radical (unpaired) electrons. The van der Waals surface area contributed by atoms with Crippen LogP contribution < -0.4 is 0 Å². The summed E-state index contributed by atoms with van der Waals surface area (Å²) in [7, 11) is 0. The van der Waals surface area contributed by atoms with E-state index in [9.17, 15) is 9.59 Å². The molecule has 0 aromatic carbocycles. The molecule has 0 aliphatic rings. The summed E-state index contributed by atoms with van der Waals surface area (Å²) in [5.74, 6) is -1.86. The number of carboxylic acids is 2. The molecule has 0 atom stereocenters. The second-order valence-corrected chi connectivity index (χ2v) is 5.23. The Hall–Kier alpha value is -1.88. The zero-order valence-corrected chi connectivity index (χ0v) is 14.5. The summed E-state index contributed by atoms with van der Waals surface area (Å²) in [5, 5.41) is 17.4. The Kier molecular flexibility index (Phi) is 14.7. The molecular formula is C20H25NaO4. The summed E-state index contributed by atoms with van der Waals surface area (Å²) < 4.78 is 0. The maximum absolute atomic E-state index is 10.6. The normalized spacial score (nSPS) is 14.4. The van der Waals surface area contributed by atoms with Gasteiger partial charge in [0.2, 0.25) is 0 Å². The van der Waals surface area contributed by atoms with E-state index in [2.05, 4.69) is 0 Å².